The number of aromatic nitrogens is 3. The summed E-state index contributed by atoms with van der Waals surface area (Å²) < 4.78 is 25.6. The number of benzene rings is 3. The number of halogens is 1. The maximum Gasteiger partial charge on any atom is 0.343 e. The number of carbonyl (C=O) groups excluding carboxylic acids is 2. The van der Waals surface area contributed by atoms with Crippen molar-refractivity contribution in [3.63, 3.8) is 0 Å². The van der Waals surface area contributed by atoms with Crippen LogP contribution in [0.1, 0.15) is 31.8 Å². The number of amides is 1. The summed E-state index contributed by atoms with van der Waals surface area (Å²) in [7, 11) is 3.31. The van der Waals surface area contributed by atoms with Crippen LogP contribution < -0.4 is 14.9 Å². The summed E-state index contributed by atoms with van der Waals surface area (Å²) in [6.07, 6.45) is 3.09. The molecule has 0 bridgehead atoms. The molecule has 3 aromatic carbocycles. The molecule has 0 aliphatic heterocycles. The SMILES string of the molecule is COc1cc(/C=N\NC(=O)c2ccc(CSc3nncn3C)cc2)ccc1OC(=O)c1ccc(F)cc1. The van der Waals surface area contributed by atoms with Crippen LogP contribution in [0.15, 0.2) is 83.3 Å². The average Bonchev–Trinajstić information content (AvgIpc) is 3.33. The van der Waals surface area contributed by atoms with E-state index in [-0.39, 0.29) is 17.2 Å². The smallest absolute Gasteiger partial charge is 0.343 e. The fourth-order valence-corrected chi connectivity index (χ4v) is 3.97. The van der Waals surface area contributed by atoms with E-state index in [0.29, 0.717) is 22.6 Å². The lowest BCUT2D eigenvalue weighted by atomic mass is 10.1. The fourth-order valence-electron chi connectivity index (χ4n) is 3.13. The van der Waals surface area contributed by atoms with Crippen molar-refractivity contribution in [1.82, 2.24) is 20.2 Å². The van der Waals surface area contributed by atoms with Crippen LogP contribution in [0.25, 0.3) is 0 Å². The standard InChI is InChI=1S/C26H22FN5O4S/c1-32-16-29-31-26(32)37-15-17-3-6-19(7-4-17)24(33)30-28-14-18-5-12-22(23(13-18)35-2)36-25(34)20-8-10-21(27)11-9-20/h3-14,16H,15H2,1-2H3,(H,30,33)/b28-14-. The first-order chi connectivity index (χ1) is 17.9. The van der Waals surface area contributed by atoms with Gasteiger partial charge in [-0.3, -0.25) is 4.79 Å². The van der Waals surface area contributed by atoms with Crippen molar-refractivity contribution in [2.75, 3.05) is 7.11 Å². The third-order valence-electron chi connectivity index (χ3n) is 5.10. The molecule has 1 N–H and O–H groups in total. The zero-order valence-electron chi connectivity index (χ0n) is 19.9. The highest BCUT2D eigenvalue weighted by molar-refractivity contribution is 7.98. The molecular weight excluding hydrogens is 497 g/mol. The molecule has 0 spiro atoms. The van der Waals surface area contributed by atoms with Gasteiger partial charge in [0.15, 0.2) is 16.7 Å². The molecule has 188 valence electrons. The van der Waals surface area contributed by atoms with Crippen LogP contribution in [0.3, 0.4) is 0 Å². The number of hydrogen-bond donors (Lipinski definition) is 1. The first kappa shape index (κ1) is 25.6. The summed E-state index contributed by atoms with van der Waals surface area (Å²) in [4.78, 5) is 24.7. The minimum absolute atomic E-state index is 0.190. The molecular formula is C26H22FN5O4S. The molecule has 0 aliphatic rings. The summed E-state index contributed by atoms with van der Waals surface area (Å²) in [5, 5.41) is 12.7. The van der Waals surface area contributed by atoms with Gasteiger partial charge in [0.05, 0.1) is 18.9 Å². The minimum Gasteiger partial charge on any atom is -0.493 e. The van der Waals surface area contributed by atoms with Gasteiger partial charge in [-0.05, 0) is 65.7 Å². The Balaban J connectivity index is 1.32. The Morgan fingerprint density at radius 1 is 1.05 bits per heavy atom. The van der Waals surface area contributed by atoms with Crippen LogP contribution in [0.4, 0.5) is 4.39 Å². The average molecular weight is 520 g/mol. The summed E-state index contributed by atoms with van der Waals surface area (Å²) >= 11 is 1.55. The quantitative estimate of drug-likeness (QED) is 0.116. The second kappa shape index (κ2) is 12.0. The van der Waals surface area contributed by atoms with E-state index in [9.17, 15) is 14.0 Å². The Hall–Kier alpha value is -4.51. The van der Waals surface area contributed by atoms with Gasteiger partial charge in [0.25, 0.3) is 5.91 Å². The van der Waals surface area contributed by atoms with E-state index < -0.39 is 11.8 Å². The molecule has 0 radical (unpaired) electrons. The van der Waals surface area contributed by atoms with Crippen LogP contribution in [-0.4, -0.2) is 40.0 Å². The molecule has 11 heteroatoms. The normalized spacial score (nSPS) is 10.9. The highest BCUT2D eigenvalue weighted by atomic mass is 32.2. The molecule has 9 nitrogen and oxygen atoms in total. The molecule has 37 heavy (non-hydrogen) atoms. The summed E-state index contributed by atoms with van der Waals surface area (Å²) in [6.45, 7) is 0. The second-order valence-corrected chi connectivity index (χ2v) is 8.66. The summed E-state index contributed by atoms with van der Waals surface area (Å²) in [5.74, 6) is -0.277. The van der Waals surface area contributed by atoms with Gasteiger partial charge < -0.3 is 14.0 Å². The number of carbonyl (C=O) groups is 2. The zero-order chi connectivity index (χ0) is 26.2. The Labute approximate surface area is 216 Å². The second-order valence-electron chi connectivity index (χ2n) is 7.72. The molecule has 1 heterocycles. The minimum atomic E-state index is -0.648. The molecule has 1 amide bonds. The number of ether oxygens (including phenoxy) is 2. The number of hydrogen-bond acceptors (Lipinski definition) is 8. The van der Waals surface area contributed by atoms with E-state index in [1.165, 1.54) is 37.6 Å². The van der Waals surface area contributed by atoms with E-state index in [1.807, 2.05) is 23.7 Å². The van der Waals surface area contributed by atoms with Crippen molar-refractivity contribution in [2.45, 2.75) is 10.9 Å². The number of esters is 1. The van der Waals surface area contributed by atoms with Gasteiger partial charge in [0.1, 0.15) is 12.1 Å². The van der Waals surface area contributed by atoms with Crippen LogP contribution in [0.2, 0.25) is 0 Å². The Bertz CT molecular complexity index is 1420. The monoisotopic (exact) mass is 519 g/mol. The summed E-state index contributed by atoms with van der Waals surface area (Å²) in [6, 6.07) is 17.0. The molecule has 0 unspecified atom stereocenters. The van der Waals surface area contributed by atoms with Gasteiger partial charge in [0, 0.05) is 18.4 Å². The number of aryl methyl sites for hydroxylation is 1. The van der Waals surface area contributed by atoms with Crippen LogP contribution in [0.5, 0.6) is 11.5 Å². The predicted octanol–water partition coefficient (Wildman–Crippen LogP) is 4.24. The van der Waals surface area contributed by atoms with E-state index in [1.54, 1.807) is 48.4 Å². The van der Waals surface area contributed by atoms with Crippen molar-refractivity contribution in [2.24, 2.45) is 12.1 Å². The third-order valence-corrected chi connectivity index (χ3v) is 6.21. The first-order valence-corrected chi connectivity index (χ1v) is 12.0. The third kappa shape index (κ3) is 6.79. The predicted molar refractivity (Wildman–Crippen MR) is 136 cm³/mol. The number of nitrogens with one attached hydrogen (secondary N) is 1. The number of methoxy groups -OCH3 is 1. The topological polar surface area (TPSA) is 108 Å². The fraction of sp³-hybridized carbons (Fsp3) is 0.115. The lowest BCUT2D eigenvalue weighted by Gasteiger charge is -2.10. The largest absolute Gasteiger partial charge is 0.493 e. The number of hydrazone groups is 1. The van der Waals surface area contributed by atoms with Crippen molar-refractivity contribution in [1.29, 1.82) is 0 Å². The van der Waals surface area contributed by atoms with E-state index in [4.69, 9.17) is 9.47 Å². The molecule has 0 aliphatic carbocycles. The molecule has 0 atom stereocenters. The molecule has 0 saturated heterocycles. The van der Waals surface area contributed by atoms with E-state index in [2.05, 4.69) is 20.7 Å². The maximum atomic E-state index is 13.1. The van der Waals surface area contributed by atoms with Gasteiger partial charge >= 0.3 is 5.97 Å². The first-order valence-electron chi connectivity index (χ1n) is 11.0. The molecule has 4 aromatic rings. The molecule has 4 rings (SSSR count). The van der Waals surface area contributed by atoms with Crippen LogP contribution in [-0.2, 0) is 12.8 Å². The van der Waals surface area contributed by atoms with Gasteiger partial charge in [-0.2, -0.15) is 5.10 Å². The van der Waals surface area contributed by atoms with Gasteiger partial charge in [-0.25, -0.2) is 14.6 Å². The van der Waals surface area contributed by atoms with Crippen molar-refractivity contribution < 1.29 is 23.5 Å². The highest BCUT2D eigenvalue weighted by Crippen LogP contribution is 2.28. The van der Waals surface area contributed by atoms with Gasteiger partial charge in [0.2, 0.25) is 0 Å². The zero-order valence-corrected chi connectivity index (χ0v) is 20.7. The Morgan fingerprint density at radius 2 is 1.78 bits per heavy atom. The van der Waals surface area contributed by atoms with Gasteiger partial charge in [-0.1, -0.05) is 23.9 Å². The van der Waals surface area contributed by atoms with Crippen LogP contribution >= 0.6 is 11.8 Å². The lowest BCUT2D eigenvalue weighted by molar-refractivity contribution is 0.0729. The molecule has 1 aromatic heterocycles. The van der Waals surface area contributed by atoms with Crippen molar-refractivity contribution in [3.8, 4) is 11.5 Å². The Morgan fingerprint density at radius 3 is 2.46 bits per heavy atom. The molecule has 0 fully saturated rings. The van der Waals surface area contributed by atoms with Crippen molar-refractivity contribution in [3.05, 3.63) is 101 Å². The van der Waals surface area contributed by atoms with E-state index in [0.717, 1.165) is 10.7 Å². The number of thioether (sulfide) groups is 1. The maximum absolute atomic E-state index is 13.1. The van der Waals surface area contributed by atoms with Gasteiger partial charge in [-0.15, -0.1) is 10.2 Å². The summed E-state index contributed by atoms with van der Waals surface area (Å²) in [5.41, 5.74) is 4.80. The van der Waals surface area contributed by atoms with Crippen molar-refractivity contribution >= 4 is 29.9 Å². The van der Waals surface area contributed by atoms with E-state index >= 15 is 0 Å². The highest BCUT2D eigenvalue weighted by Gasteiger charge is 2.13. The molecule has 0 saturated carbocycles. The lowest BCUT2D eigenvalue weighted by Crippen LogP contribution is -2.17. The Kier molecular flexibility index (Phi) is 8.26. The van der Waals surface area contributed by atoms with Crippen LogP contribution in [0, 0.1) is 5.82 Å². The number of rotatable bonds is 9. The number of nitrogens with zero attached hydrogens (tertiary/aromatic N) is 4.